The van der Waals surface area contributed by atoms with Crippen LogP contribution < -0.4 is 5.32 Å². The van der Waals surface area contributed by atoms with E-state index in [-0.39, 0.29) is 17.9 Å². The molecule has 0 spiro atoms. The molecule has 176 valence electrons. The van der Waals surface area contributed by atoms with Crippen molar-refractivity contribution in [1.29, 1.82) is 0 Å². The monoisotopic (exact) mass is 447 g/mol. The van der Waals surface area contributed by atoms with E-state index in [0.717, 1.165) is 11.1 Å². The zero-order chi connectivity index (χ0) is 23.3. The van der Waals surface area contributed by atoms with Crippen molar-refractivity contribution in [2.24, 2.45) is 11.3 Å². The molecule has 1 aliphatic heterocycles. The third kappa shape index (κ3) is 5.63. The second kappa shape index (κ2) is 10.5. The van der Waals surface area contributed by atoms with E-state index in [1.54, 1.807) is 0 Å². The van der Waals surface area contributed by atoms with Crippen molar-refractivity contribution >= 4 is 11.8 Å². The summed E-state index contributed by atoms with van der Waals surface area (Å²) in [4.78, 5) is 32.6. The van der Waals surface area contributed by atoms with Gasteiger partial charge in [-0.2, -0.15) is 0 Å². The SMILES string of the molecule is CC(C)NC(=O)C1(Cc2ccccc2-c2ccncc2)CCN(C(=O)CC2CCCC2)CC1. The molecule has 2 aromatic rings. The number of pyridine rings is 1. The molecule has 2 heterocycles. The van der Waals surface area contributed by atoms with E-state index in [1.165, 1.54) is 31.2 Å². The minimum absolute atomic E-state index is 0.0897. The molecule has 1 saturated heterocycles. The van der Waals surface area contributed by atoms with Crippen LogP contribution in [0.2, 0.25) is 0 Å². The van der Waals surface area contributed by atoms with Gasteiger partial charge in [-0.3, -0.25) is 14.6 Å². The van der Waals surface area contributed by atoms with Crippen molar-refractivity contribution in [2.75, 3.05) is 13.1 Å². The average molecular weight is 448 g/mol. The van der Waals surface area contributed by atoms with Crippen molar-refractivity contribution in [3.8, 4) is 11.1 Å². The number of benzene rings is 1. The van der Waals surface area contributed by atoms with Crippen LogP contribution >= 0.6 is 0 Å². The highest BCUT2D eigenvalue weighted by Gasteiger charge is 2.43. The Bertz CT molecular complexity index is 943. The van der Waals surface area contributed by atoms with Crippen LogP contribution in [0, 0.1) is 11.3 Å². The number of nitrogens with one attached hydrogen (secondary N) is 1. The molecule has 2 fully saturated rings. The predicted octanol–water partition coefficient (Wildman–Crippen LogP) is 5.00. The van der Waals surface area contributed by atoms with E-state index in [2.05, 4.69) is 22.4 Å². The number of piperidine rings is 1. The zero-order valence-corrected chi connectivity index (χ0v) is 20.1. The smallest absolute Gasteiger partial charge is 0.226 e. The fraction of sp³-hybridized carbons (Fsp3) is 0.536. The van der Waals surface area contributed by atoms with Crippen molar-refractivity contribution in [3.05, 3.63) is 54.4 Å². The first-order valence-corrected chi connectivity index (χ1v) is 12.5. The molecule has 1 aromatic carbocycles. The summed E-state index contributed by atoms with van der Waals surface area (Å²) < 4.78 is 0. The van der Waals surface area contributed by atoms with Gasteiger partial charge in [0, 0.05) is 37.9 Å². The van der Waals surface area contributed by atoms with E-state index in [4.69, 9.17) is 0 Å². The standard InChI is InChI=1S/C28H37N3O2/c1-21(2)30-27(33)28(13-17-31(18-14-28)26(32)19-22-7-3-4-8-22)20-24-9-5-6-10-25(24)23-11-15-29-16-12-23/h5-6,9-12,15-16,21-22H,3-4,7-8,13-14,17-20H2,1-2H3,(H,30,33). The summed E-state index contributed by atoms with van der Waals surface area (Å²) in [5.41, 5.74) is 2.94. The summed E-state index contributed by atoms with van der Waals surface area (Å²) in [6.07, 6.45) is 11.3. The van der Waals surface area contributed by atoms with Crippen molar-refractivity contribution < 1.29 is 9.59 Å². The Kier molecular flexibility index (Phi) is 7.46. The van der Waals surface area contributed by atoms with Crippen LogP contribution in [0.15, 0.2) is 48.8 Å². The van der Waals surface area contributed by atoms with E-state index < -0.39 is 5.41 Å². The van der Waals surface area contributed by atoms with Gasteiger partial charge < -0.3 is 10.2 Å². The van der Waals surface area contributed by atoms with Gasteiger partial charge in [-0.1, -0.05) is 37.1 Å². The summed E-state index contributed by atoms with van der Waals surface area (Å²) in [6.45, 7) is 5.34. The van der Waals surface area contributed by atoms with Gasteiger partial charge in [-0.25, -0.2) is 0 Å². The fourth-order valence-electron chi connectivity index (χ4n) is 5.53. The predicted molar refractivity (Wildman–Crippen MR) is 131 cm³/mol. The molecule has 0 unspecified atom stereocenters. The third-order valence-electron chi connectivity index (χ3n) is 7.45. The highest BCUT2D eigenvalue weighted by molar-refractivity contribution is 5.84. The molecule has 2 amide bonds. The maximum atomic E-state index is 13.5. The lowest BCUT2D eigenvalue weighted by molar-refractivity contribution is -0.141. The van der Waals surface area contributed by atoms with Crippen LogP contribution in [-0.4, -0.2) is 40.8 Å². The first kappa shape index (κ1) is 23.5. The van der Waals surface area contributed by atoms with Crippen LogP contribution in [0.25, 0.3) is 11.1 Å². The number of nitrogens with zero attached hydrogens (tertiary/aromatic N) is 2. The van der Waals surface area contributed by atoms with E-state index in [1.807, 2.05) is 55.4 Å². The Morgan fingerprint density at radius 1 is 1.06 bits per heavy atom. The number of carbonyl (C=O) groups is 2. The molecule has 5 nitrogen and oxygen atoms in total. The summed E-state index contributed by atoms with van der Waals surface area (Å²) in [5.74, 6) is 0.947. The van der Waals surface area contributed by atoms with Crippen LogP contribution in [0.1, 0.15) is 64.4 Å². The van der Waals surface area contributed by atoms with Gasteiger partial charge in [-0.05, 0) is 80.7 Å². The third-order valence-corrected chi connectivity index (χ3v) is 7.45. The molecule has 33 heavy (non-hydrogen) atoms. The van der Waals surface area contributed by atoms with Gasteiger partial charge in [0.1, 0.15) is 0 Å². The van der Waals surface area contributed by atoms with E-state index >= 15 is 0 Å². The number of aromatic nitrogens is 1. The number of likely N-dealkylation sites (tertiary alicyclic amines) is 1. The van der Waals surface area contributed by atoms with E-state index in [9.17, 15) is 9.59 Å². The van der Waals surface area contributed by atoms with Gasteiger partial charge in [0.15, 0.2) is 0 Å². The van der Waals surface area contributed by atoms with Gasteiger partial charge in [0.2, 0.25) is 11.8 Å². The summed E-state index contributed by atoms with van der Waals surface area (Å²) in [5, 5.41) is 3.18. The molecule has 1 saturated carbocycles. The van der Waals surface area contributed by atoms with Gasteiger partial charge >= 0.3 is 0 Å². The van der Waals surface area contributed by atoms with Crippen LogP contribution in [-0.2, 0) is 16.0 Å². The topological polar surface area (TPSA) is 62.3 Å². The average Bonchev–Trinajstić information content (AvgIpc) is 3.33. The summed E-state index contributed by atoms with van der Waals surface area (Å²) >= 11 is 0. The number of hydrogen-bond acceptors (Lipinski definition) is 3. The Hall–Kier alpha value is -2.69. The molecular weight excluding hydrogens is 410 g/mol. The largest absolute Gasteiger partial charge is 0.353 e. The summed E-state index contributed by atoms with van der Waals surface area (Å²) in [7, 11) is 0. The molecular formula is C28H37N3O2. The Balaban J connectivity index is 1.53. The first-order valence-electron chi connectivity index (χ1n) is 12.5. The van der Waals surface area contributed by atoms with Crippen LogP contribution in [0.4, 0.5) is 0 Å². The van der Waals surface area contributed by atoms with Crippen molar-refractivity contribution in [1.82, 2.24) is 15.2 Å². The lowest BCUT2D eigenvalue weighted by Crippen LogP contribution is -2.52. The van der Waals surface area contributed by atoms with Crippen molar-refractivity contribution in [3.63, 3.8) is 0 Å². The molecule has 0 radical (unpaired) electrons. The fourth-order valence-corrected chi connectivity index (χ4v) is 5.53. The zero-order valence-electron chi connectivity index (χ0n) is 20.1. The first-order chi connectivity index (χ1) is 16.0. The second-order valence-corrected chi connectivity index (χ2v) is 10.2. The number of rotatable bonds is 7. The van der Waals surface area contributed by atoms with Gasteiger partial charge in [-0.15, -0.1) is 0 Å². The molecule has 1 aromatic heterocycles. The molecule has 4 rings (SSSR count). The van der Waals surface area contributed by atoms with Gasteiger partial charge in [0.05, 0.1) is 5.41 Å². The maximum absolute atomic E-state index is 13.5. The maximum Gasteiger partial charge on any atom is 0.226 e. The highest BCUT2D eigenvalue weighted by atomic mass is 16.2. The van der Waals surface area contributed by atoms with Crippen LogP contribution in [0.3, 0.4) is 0 Å². The molecule has 1 aliphatic carbocycles. The lowest BCUT2D eigenvalue weighted by atomic mass is 9.71. The normalized spacial score (nSPS) is 18.5. The molecule has 5 heteroatoms. The molecule has 2 aliphatic rings. The second-order valence-electron chi connectivity index (χ2n) is 10.2. The summed E-state index contributed by atoms with van der Waals surface area (Å²) in [6, 6.07) is 12.5. The number of amides is 2. The van der Waals surface area contributed by atoms with Crippen LogP contribution in [0.5, 0.6) is 0 Å². The lowest BCUT2D eigenvalue weighted by Gasteiger charge is -2.41. The highest BCUT2D eigenvalue weighted by Crippen LogP contribution is 2.39. The van der Waals surface area contributed by atoms with Crippen molar-refractivity contribution in [2.45, 2.75) is 71.3 Å². The minimum atomic E-state index is -0.502. The Morgan fingerprint density at radius 3 is 2.39 bits per heavy atom. The van der Waals surface area contributed by atoms with Gasteiger partial charge in [0.25, 0.3) is 0 Å². The van der Waals surface area contributed by atoms with E-state index in [0.29, 0.717) is 44.7 Å². The Morgan fingerprint density at radius 2 is 1.73 bits per heavy atom. The number of hydrogen-bond donors (Lipinski definition) is 1. The molecule has 1 N–H and O–H groups in total. The number of carbonyl (C=O) groups excluding carboxylic acids is 2. The quantitative estimate of drug-likeness (QED) is 0.649. The molecule has 0 atom stereocenters. The molecule has 0 bridgehead atoms. The minimum Gasteiger partial charge on any atom is -0.353 e. The Labute approximate surface area is 198 Å².